The van der Waals surface area contributed by atoms with Crippen molar-refractivity contribution in [3.63, 3.8) is 0 Å². The molecule has 0 unspecified atom stereocenters. The highest BCUT2D eigenvalue weighted by Crippen LogP contribution is 2.22. The third-order valence-electron chi connectivity index (χ3n) is 4.20. The number of carbonyl (C=O) groups is 1. The number of anilines is 1. The summed E-state index contributed by atoms with van der Waals surface area (Å²) in [6.45, 7) is 4.08. The molecule has 0 fully saturated rings. The molecule has 0 saturated heterocycles. The molecule has 1 N–H and O–H groups in total. The van der Waals surface area contributed by atoms with E-state index in [1.165, 1.54) is 11.4 Å². The molecule has 0 heterocycles. The molecule has 140 valence electrons. The second kappa shape index (κ2) is 8.85. The van der Waals surface area contributed by atoms with Crippen LogP contribution in [-0.4, -0.2) is 27.4 Å². The molecule has 5 nitrogen and oxygen atoms in total. The highest BCUT2D eigenvalue weighted by molar-refractivity contribution is 7.92. The number of amides is 1. The summed E-state index contributed by atoms with van der Waals surface area (Å²) >= 11 is 0. The Morgan fingerprint density at radius 1 is 1.08 bits per heavy atom. The summed E-state index contributed by atoms with van der Waals surface area (Å²) in [4.78, 5) is 12.3. The van der Waals surface area contributed by atoms with Gasteiger partial charge in [0.1, 0.15) is 0 Å². The van der Waals surface area contributed by atoms with Gasteiger partial charge in [-0.05, 0) is 43.2 Å². The predicted octanol–water partition coefficient (Wildman–Crippen LogP) is 3.36. The lowest BCUT2D eigenvalue weighted by molar-refractivity contribution is -0.121. The Bertz CT molecular complexity index is 818. The van der Waals surface area contributed by atoms with E-state index in [0.29, 0.717) is 5.69 Å². The molecule has 2 rings (SSSR count). The van der Waals surface area contributed by atoms with Crippen molar-refractivity contribution in [2.45, 2.75) is 44.0 Å². The highest BCUT2D eigenvalue weighted by atomic mass is 32.2. The van der Waals surface area contributed by atoms with E-state index >= 15 is 0 Å². The number of nitrogens with one attached hydrogen (secondary N) is 1. The van der Waals surface area contributed by atoms with Crippen LogP contribution in [0, 0.1) is 0 Å². The summed E-state index contributed by atoms with van der Waals surface area (Å²) in [6.07, 6.45) is 2.26. The molecule has 0 spiro atoms. The Hall–Kier alpha value is -2.34. The molecular weight excluding hydrogens is 348 g/mol. The smallest absolute Gasteiger partial charge is 0.264 e. The van der Waals surface area contributed by atoms with Gasteiger partial charge in [0.15, 0.2) is 0 Å². The Labute approximate surface area is 156 Å². The normalized spacial score (nSPS) is 12.4. The lowest BCUT2D eigenvalue weighted by atomic mass is 10.1. The van der Waals surface area contributed by atoms with Crippen LogP contribution in [0.2, 0.25) is 0 Å². The lowest BCUT2D eigenvalue weighted by Gasteiger charge is -2.20. The van der Waals surface area contributed by atoms with Gasteiger partial charge in [-0.15, -0.1) is 0 Å². The van der Waals surface area contributed by atoms with Crippen LogP contribution in [0.5, 0.6) is 0 Å². The van der Waals surface area contributed by atoms with Gasteiger partial charge in [-0.25, -0.2) is 8.42 Å². The molecule has 2 aromatic rings. The SMILES string of the molecule is CCC[C@@H](C)NC(=O)Cc1ccc(N(C)S(=O)(=O)c2ccccc2)cc1. The van der Waals surface area contributed by atoms with E-state index in [1.54, 1.807) is 54.6 Å². The average molecular weight is 375 g/mol. The fourth-order valence-corrected chi connectivity index (χ4v) is 3.95. The second-order valence-electron chi connectivity index (χ2n) is 6.39. The van der Waals surface area contributed by atoms with Gasteiger partial charge in [0, 0.05) is 13.1 Å². The highest BCUT2D eigenvalue weighted by Gasteiger charge is 2.20. The molecular formula is C20H26N2O3S. The number of nitrogens with zero attached hydrogens (tertiary/aromatic N) is 1. The van der Waals surface area contributed by atoms with Crippen molar-refractivity contribution in [2.24, 2.45) is 0 Å². The van der Waals surface area contributed by atoms with Crippen molar-refractivity contribution < 1.29 is 13.2 Å². The zero-order valence-corrected chi connectivity index (χ0v) is 16.3. The van der Waals surface area contributed by atoms with Crippen molar-refractivity contribution in [1.29, 1.82) is 0 Å². The first-order chi connectivity index (χ1) is 12.3. The van der Waals surface area contributed by atoms with Gasteiger partial charge in [0.2, 0.25) is 5.91 Å². The molecule has 0 aromatic heterocycles. The summed E-state index contributed by atoms with van der Waals surface area (Å²) in [5.41, 5.74) is 1.40. The molecule has 0 radical (unpaired) electrons. The summed E-state index contributed by atoms with van der Waals surface area (Å²) in [5, 5.41) is 2.97. The first kappa shape index (κ1) is 20.0. The monoisotopic (exact) mass is 374 g/mol. The molecule has 1 amide bonds. The number of hydrogen-bond donors (Lipinski definition) is 1. The van der Waals surface area contributed by atoms with Crippen molar-refractivity contribution in [2.75, 3.05) is 11.4 Å². The minimum absolute atomic E-state index is 0.0241. The van der Waals surface area contributed by atoms with Crippen molar-refractivity contribution in [3.8, 4) is 0 Å². The van der Waals surface area contributed by atoms with Crippen LogP contribution >= 0.6 is 0 Å². The van der Waals surface area contributed by atoms with Crippen LogP contribution in [0.1, 0.15) is 32.3 Å². The minimum Gasteiger partial charge on any atom is -0.353 e. The maximum Gasteiger partial charge on any atom is 0.264 e. The number of sulfonamides is 1. The van der Waals surface area contributed by atoms with Gasteiger partial charge >= 0.3 is 0 Å². The van der Waals surface area contributed by atoms with Crippen LogP contribution in [0.4, 0.5) is 5.69 Å². The molecule has 1 atom stereocenters. The minimum atomic E-state index is -3.60. The predicted molar refractivity (Wildman–Crippen MR) is 105 cm³/mol. The number of carbonyl (C=O) groups excluding carboxylic acids is 1. The summed E-state index contributed by atoms with van der Waals surface area (Å²) in [5.74, 6) is -0.0241. The van der Waals surface area contributed by atoms with Gasteiger partial charge in [-0.2, -0.15) is 0 Å². The van der Waals surface area contributed by atoms with E-state index in [-0.39, 0.29) is 23.3 Å². The van der Waals surface area contributed by atoms with Gasteiger partial charge in [0.05, 0.1) is 17.0 Å². The van der Waals surface area contributed by atoms with E-state index in [4.69, 9.17) is 0 Å². The zero-order valence-electron chi connectivity index (χ0n) is 15.5. The van der Waals surface area contributed by atoms with E-state index in [2.05, 4.69) is 12.2 Å². The lowest BCUT2D eigenvalue weighted by Crippen LogP contribution is -2.33. The van der Waals surface area contributed by atoms with Crippen LogP contribution in [-0.2, 0) is 21.2 Å². The maximum absolute atomic E-state index is 12.6. The van der Waals surface area contributed by atoms with Crippen molar-refractivity contribution >= 4 is 21.6 Å². The first-order valence-corrected chi connectivity index (χ1v) is 10.2. The Kier molecular flexibility index (Phi) is 6.80. The van der Waals surface area contributed by atoms with E-state index in [1.807, 2.05) is 6.92 Å². The molecule has 0 aliphatic rings. The standard InChI is InChI=1S/C20H26N2O3S/c1-4-8-16(2)21-20(23)15-17-11-13-18(14-12-17)22(3)26(24,25)19-9-6-5-7-10-19/h5-7,9-14,16H,4,8,15H2,1-3H3,(H,21,23)/t16-/m1/s1. The maximum atomic E-state index is 12.6. The molecule has 0 bridgehead atoms. The third kappa shape index (κ3) is 5.08. The van der Waals surface area contributed by atoms with Crippen LogP contribution < -0.4 is 9.62 Å². The average Bonchev–Trinajstić information content (AvgIpc) is 2.62. The number of benzene rings is 2. The van der Waals surface area contributed by atoms with Gasteiger partial charge in [-0.1, -0.05) is 43.7 Å². The van der Waals surface area contributed by atoms with Gasteiger partial charge < -0.3 is 5.32 Å². The molecule has 0 saturated carbocycles. The van der Waals surface area contributed by atoms with Crippen molar-refractivity contribution in [1.82, 2.24) is 5.32 Å². The zero-order chi connectivity index (χ0) is 19.2. The Morgan fingerprint density at radius 3 is 2.27 bits per heavy atom. The summed E-state index contributed by atoms with van der Waals surface area (Å²) in [7, 11) is -2.07. The van der Waals surface area contributed by atoms with Gasteiger partial charge in [-0.3, -0.25) is 9.10 Å². The Balaban J connectivity index is 2.06. The number of rotatable bonds is 8. The first-order valence-electron chi connectivity index (χ1n) is 8.77. The van der Waals surface area contributed by atoms with E-state index in [9.17, 15) is 13.2 Å². The molecule has 2 aromatic carbocycles. The largest absolute Gasteiger partial charge is 0.353 e. The van der Waals surface area contributed by atoms with Crippen LogP contribution in [0.3, 0.4) is 0 Å². The van der Waals surface area contributed by atoms with Crippen molar-refractivity contribution in [3.05, 3.63) is 60.2 Å². The number of hydrogen-bond acceptors (Lipinski definition) is 3. The van der Waals surface area contributed by atoms with Crippen LogP contribution in [0.15, 0.2) is 59.5 Å². The van der Waals surface area contributed by atoms with Gasteiger partial charge in [0.25, 0.3) is 10.0 Å². The Morgan fingerprint density at radius 2 is 1.69 bits per heavy atom. The summed E-state index contributed by atoms with van der Waals surface area (Å²) < 4.78 is 26.5. The van der Waals surface area contributed by atoms with Crippen LogP contribution in [0.25, 0.3) is 0 Å². The summed E-state index contributed by atoms with van der Waals surface area (Å²) in [6, 6.07) is 15.5. The van der Waals surface area contributed by atoms with E-state index in [0.717, 1.165) is 18.4 Å². The molecule has 0 aliphatic carbocycles. The second-order valence-corrected chi connectivity index (χ2v) is 8.36. The molecule has 26 heavy (non-hydrogen) atoms. The fraction of sp³-hybridized carbons (Fsp3) is 0.350. The fourth-order valence-electron chi connectivity index (χ4n) is 2.73. The quantitative estimate of drug-likeness (QED) is 0.770. The third-order valence-corrected chi connectivity index (χ3v) is 6.00. The molecule has 0 aliphatic heterocycles. The topological polar surface area (TPSA) is 66.5 Å². The molecule has 6 heteroatoms. The van der Waals surface area contributed by atoms with E-state index < -0.39 is 10.0 Å².